The number of aromatic nitrogens is 1. The Kier molecular flexibility index (Phi) is 5.23. The maximum Gasteiger partial charge on any atom is 0.275 e. The van der Waals surface area contributed by atoms with E-state index in [4.69, 9.17) is 0 Å². The summed E-state index contributed by atoms with van der Waals surface area (Å²) >= 11 is 2.69. The maximum atomic E-state index is 13.1. The van der Waals surface area contributed by atoms with Gasteiger partial charge in [-0.05, 0) is 47.4 Å². The Morgan fingerprint density at radius 2 is 1.87 bits per heavy atom. The van der Waals surface area contributed by atoms with Crippen molar-refractivity contribution >= 4 is 44.3 Å². The van der Waals surface area contributed by atoms with Crippen LogP contribution in [0.25, 0.3) is 0 Å². The summed E-state index contributed by atoms with van der Waals surface area (Å²) in [4.78, 5) is 28.8. The van der Waals surface area contributed by atoms with E-state index in [9.17, 15) is 18.0 Å². The first kappa shape index (κ1) is 20.5. The fraction of sp³-hybridized carbons (Fsp3) is 0.333. The largest absolute Gasteiger partial charge is 0.341 e. The first-order valence-corrected chi connectivity index (χ1v) is 13.2. The lowest BCUT2D eigenvalue weighted by Crippen LogP contribution is -2.49. The molecular weight excluding hydrogens is 454 g/mol. The number of anilines is 1. The van der Waals surface area contributed by atoms with Crippen LogP contribution in [0.4, 0.5) is 5.69 Å². The minimum Gasteiger partial charge on any atom is -0.341 e. The van der Waals surface area contributed by atoms with E-state index in [1.807, 2.05) is 28.5 Å². The molecule has 1 saturated heterocycles. The molecule has 7 nitrogen and oxygen atoms in total. The molecule has 5 rings (SSSR count). The fourth-order valence-electron chi connectivity index (χ4n) is 4.51. The molecule has 0 unspecified atom stereocenters. The number of amides is 1. The third-order valence-electron chi connectivity index (χ3n) is 5.87. The number of sulfonamides is 1. The van der Waals surface area contributed by atoms with Crippen LogP contribution < -0.4 is 10.3 Å². The lowest BCUT2D eigenvalue weighted by atomic mass is 9.83. The highest BCUT2D eigenvalue weighted by Crippen LogP contribution is 2.36. The Bertz CT molecular complexity index is 1260. The Balaban J connectivity index is 1.38. The summed E-state index contributed by atoms with van der Waals surface area (Å²) in [6.45, 7) is 1.69. The topological polar surface area (TPSA) is 88.5 Å². The molecule has 1 amide bonds. The molecule has 0 spiro atoms. The summed E-state index contributed by atoms with van der Waals surface area (Å²) in [6, 6.07) is 10.5. The van der Waals surface area contributed by atoms with Crippen molar-refractivity contribution in [2.45, 2.75) is 29.5 Å². The zero-order valence-electron chi connectivity index (χ0n) is 16.6. The van der Waals surface area contributed by atoms with E-state index in [2.05, 4.69) is 4.72 Å². The average molecular weight is 476 g/mol. The van der Waals surface area contributed by atoms with E-state index in [1.54, 1.807) is 33.4 Å². The first-order chi connectivity index (χ1) is 14.9. The number of piperidine rings is 1. The van der Waals surface area contributed by atoms with Gasteiger partial charge in [-0.15, -0.1) is 22.7 Å². The van der Waals surface area contributed by atoms with E-state index in [0.29, 0.717) is 26.1 Å². The summed E-state index contributed by atoms with van der Waals surface area (Å²) in [6.07, 6.45) is 1.34. The lowest BCUT2D eigenvalue weighted by molar-refractivity contribution is -0.133. The van der Waals surface area contributed by atoms with E-state index in [1.165, 1.54) is 6.07 Å². The molecule has 2 bridgehead atoms. The number of pyridine rings is 1. The third kappa shape index (κ3) is 3.95. The fourth-order valence-corrected chi connectivity index (χ4v) is 7.26. The molecule has 2 aliphatic rings. The normalized spacial score (nSPS) is 20.3. The molecule has 2 atom stereocenters. The van der Waals surface area contributed by atoms with Crippen molar-refractivity contribution in [2.24, 2.45) is 5.92 Å². The van der Waals surface area contributed by atoms with Crippen LogP contribution in [0.5, 0.6) is 0 Å². The van der Waals surface area contributed by atoms with Crippen molar-refractivity contribution in [3.05, 3.63) is 68.1 Å². The second-order valence-electron chi connectivity index (χ2n) is 7.98. The number of hydrogen-bond acceptors (Lipinski definition) is 6. The third-order valence-corrected chi connectivity index (χ3v) is 9.51. The van der Waals surface area contributed by atoms with Crippen LogP contribution in [-0.4, -0.2) is 36.9 Å². The van der Waals surface area contributed by atoms with Gasteiger partial charge in [-0.25, -0.2) is 8.42 Å². The van der Waals surface area contributed by atoms with Crippen molar-refractivity contribution in [1.29, 1.82) is 0 Å². The monoisotopic (exact) mass is 475 g/mol. The van der Waals surface area contributed by atoms with Crippen molar-refractivity contribution in [2.75, 3.05) is 17.8 Å². The van der Waals surface area contributed by atoms with E-state index in [-0.39, 0.29) is 33.2 Å². The number of nitrogens with one attached hydrogen (secondary N) is 1. The molecule has 1 N–H and O–H groups in total. The predicted molar refractivity (Wildman–Crippen MR) is 121 cm³/mol. The Morgan fingerprint density at radius 3 is 2.61 bits per heavy atom. The van der Waals surface area contributed by atoms with Gasteiger partial charge < -0.3 is 9.47 Å². The average Bonchev–Trinajstić information content (AvgIpc) is 3.45. The zero-order chi connectivity index (χ0) is 21.6. The van der Waals surface area contributed by atoms with Crippen LogP contribution in [0.15, 0.2) is 56.2 Å². The van der Waals surface area contributed by atoms with Gasteiger partial charge >= 0.3 is 0 Å². The van der Waals surface area contributed by atoms with Gasteiger partial charge in [0.25, 0.3) is 15.6 Å². The molecule has 162 valence electrons. The van der Waals surface area contributed by atoms with Crippen LogP contribution in [0.2, 0.25) is 0 Å². The molecule has 0 radical (unpaired) electrons. The number of nitrogens with zero attached hydrogens (tertiary/aromatic N) is 2. The van der Waals surface area contributed by atoms with Crippen LogP contribution in [0.3, 0.4) is 0 Å². The number of fused-ring (bicyclic) bond motifs is 4. The number of hydrogen-bond donors (Lipinski definition) is 1. The summed E-state index contributed by atoms with van der Waals surface area (Å²) in [7, 11) is -3.78. The standard InChI is InChI=1S/C21H21N3O4S3/c25-19(10-16-3-1-7-29-16)23-11-14-9-15(13-23)18-6-5-17(21(26)24(18)12-14)22-31(27,28)20-4-2-8-30-20/h1-8,14-15,22H,9-13H2/t14-,15+/m0/s1. The van der Waals surface area contributed by atoms with Crippen molar-refractivity contribution in [3.8, 4) is 0 Å². The summed E-state index contributed by atoms with van der Waals surface area (Å²) in [5, 5.41) is 3.65. The summed E-state index contributed by atoms with van der Waals surface area (Å²) < 4.78 is 29.4. The van der Waals surface area contributed by atoms with Crippen LogP contribution >= 0.6 is 22.7 Å². The molecule has 5 heterocycles. The molecule has 31 heavy (non-hydrogen) atoms. The van der Waals surface area contributed by atoms with Gasteiger partial charge in [-0.1, -0.05) is 12.1 Å². The quantitative estimate of drug-likeness (QED) is 0.615. The highest BCUT2D eigenvalue weighted by atomic mass is 32.2. The summed E-state index contributed by atoms with van der Waals surface area (Å²) in [5.74, 6) is 0.379. The highest BCUT2D eigenvalue weighted by molar-refractivity contribution is 7.94. The van der Waals surface area contributed by atoms with Crippen molar-refractivity contribution in [3.63, 3.8) is 0 Å². The SMILES string of the molecule is O=C(Cc1cccs1)N1C[C@@H]2C[C@H](C1)c1ccc(NS(=O)(=O)c3cccs3)c(=O)n1C2. The number of carbonyl (C=O) groups is 1. The first-order valence-electron chi connectivity index (χ1n) is 10.0. The predicted octanol–water partition coefficient (Wildman–Crippen LogP) is 2.96. The molecular formula is C21H21N3O4S3. The van der Waals surface area contributed by atoms with Gasteiger partial charge in [0.1, 0.15) is 9.90 Å². The smallest absolute Gasteiger partial charge is 0.275 e. The van der Waals surface area contributed by atoms with Gasteiger partial charge in [-0.3, -0.25) is 14.3 Å². The Morgan fingerprint density at radius 1 is 1.06 bits per heavy atom. The van der Waals surface area contributed by atoms with Gasteiger partial charge in [0.15, 0.2) is 0 Å². The van der Waals surface area contributed by atoms with Gasteiger partial charge in [0.05, 0.1) is 6.42 Å². The van der Waals surface area contributed by atoms with E-state index in [0.717, 1.165) is 28.3 Å². The van der Waals surface area contributed by atoms with Crippen molar-refractivity contribution in [1.82, 2.24) is 9.47 Å². The molecule has 3 aromatic rings. The second kappa shape index (κ2) is 7.92. The van der Waals surface area contributed by atoms with Gasteiger partial charge in [0, 0.05) is 36.1 Å². The van der Waals surface area contributed by atoms with Crippen molar-refractivity contribution < 1.29 is 13.2 Å². The Hall–Kier alpha value is -2.43. The van der Waals surface area contributed by atoms with E-state index >= 15 is 0 Å². The summed E-state index contributed by atoms with van der Waals surface area (Å²) in [5.41, 5.74) is 0.599. The Labute approximate surface area is 188 Å². The highest BCUT2D eigenvalue weighted by Gasteiger charge is 2.36. The van der Waals surface area contributed by atoms with Gasteiger partial charge in [0.2, 0.25) is 5.91 Å². The van der Waals surface area contributed by atoms with Crippen LogP contribution in [0.1, 0.15) is 22.9 Å². The molecule has 0 aliphatic carbocycles. The molecule has 2 aliphatic heterocycles. The molecule has 0 saturated carbocycles. The number of rotatable bonds is 5. The minimum absolute atomic E-state index is 0.0581. The second-order valence-corrected chi connectivity index (χ2v) is 11.9. The van der Waals surface area contributed by atoms with Crippen LogP contribution in [-0.2, 0) is 27.8 Å². The molecule has 10 heteroatoms. The van der Waals surface area contributed by atoms with Crippen LogP contribution in [0, 0.1) is 5.92 Å². The molecule has 3 aromatic heterocycles. The minimum atomic E-state index is -3.78. The lowest BCUT2D eigenvalue weighted by Gasteiger charge is -2.43. The zero-order valence-corrected chi connectivity index (χ0v) is 19.0. The molecule has 0 aromatic carbocycles. The van der Waals surface area contributed by atoms with Gasteiger partial charge in [-0.2, -0.15) is 0 Å². The molecule has 1 fully saturated rings. The number of carbonyl (C=O) groups excluding carboxylic acids is 1. The maximum absolute atomic E-state index is 13.1. The number of thiophene rings is 2. The number of likely N-dealkylation sites (tertiary alicyclic amines) is 1. The van der Waals surface area contributed by atoms with E-state index < -0.39 is 10.0 Å².